The van der Waals surface area contributed by atoms with Gasteiger partial charge < -0.3 is 19.7 Å². The zero-order valence-corrected chi connectivity index (χ0v) is 22.2. The molecule has 0 radical (unpaired) electrons. The second-order valence-corrected chi connectivity index (χ2v) is 9.52. The number of alkyl halides is 2. The van der Waals surface area contributed by atoms with Gasteiger partial charge in [-0.25, -0.2) is 4.98 Å². The number of carbonyl (C=O) groups excluding carboxylic acids is 2. The van der Waals surface area contributed by atoms with Gasteiger partial charge in [0, 0.05) is 55.6 Å². The molecule has 2 atom stereocenters. The summed E-state index contributed by atoms with van der Waals surface area (Å²) in [6, 6.07) is 12.6. The van der Waals surface area contributed by atoms with Crippen molar-refractivity contribution in [3.8, 4) is 11.6 Å². The third-order valence-corrected chi connectivity index (χ3v) is 7.11. The molecule has 0 unspecified atom stereocenters. The SMILES string of the molecule is COc1cc(C(=O)N2CC[C@@H](NC(=O)c3c(C)c(OC(F)F)nn3C)[C@@H](c3ccccc3)C2)cc2nccnc12. The molecule has 12 heteroatoms. The average molecular weight is 551 g/mol. The summed E-state index contributed by atoms with van der Waals surface area (Å²) in [5.74, 6) is -0.709. The molecule has 5 rings (SSSR count). The Morgan fingerprint density at radius 1 is 1.12 bits per heavy atom. The number of amides is 2. The van der Waals surface area contributed by atoms with E-state index < -0.39 is 12.5 Å². The maximum absolute atomic E-state index is 13.7. The largest absolute Gasteiger partial charge is 0.494 e. The lowest BCUT2D eigenvalue weighted by Crippen LogP contribution is -2.51. The fourth-order valence-corrected chi connectivity index (χ4v) is 5.21. The van der Waals surface area contributed by atoms with Gasteiger partial charge in [0.05, 0.1) is 12.6 Å². The van der Waals surface area contributed by atoms with Crippen molar-refractivity contribution in [2.75, 3.05) is 20.2 Å². The Morgan fingerprint density at radius 2 is 1.88 bits per heavy atom. The van der Waals surface area contributed by atoms with Crippen molar-refractivity contribution in [1.29, 1.82) is 0 Å². The van der Waals surface area contributed by atoms with Gasteiger partial charge in [-0.15, -0.1) is 5.10 Å². The van der Waals surface area contributed by atoms with Crippen molar-refractivity contribution in [2.24, 2.45) is 7.05 Å². The van der Waals surface area contributed by atoms with Gasteiger partial charge in [-0.2, -0.15) is 8.78 Å². The van der Waals surface area contributed by atoms with Crippen molar-refractivity contribution in [2.45, 2.75) is 31.9 Å². The van der Waals surface area contributed by atoms with E-state index in [9.17, 15) is 18.4 Å². The third-order valence-electron chi connectivity index (χ3n) is 7.11. The Labute approximate surface area is 228 Å². The third kappa shape index (κ3) is 5.29. The summed E-state index contributed by atoms with van der Waals surface area (Å²) in [5, 5.41) is 6.98. The van der Waals surface area contributed by atoms with Crippen LogP contribution < -0.4 is 14.8 Å². The van der Waals surface area contributed by atoms with Gasteiger partial charge in [-0.1, -0.05) is 30.3 Å². The Bertz CT molecular complexity index is 1540. The molecular formula is C28H28F2N6O4. The fourth-order valence-electron chi connectivity index (χ4n) is 5.21. The Balaban J connectivity index is 1.40. The summed E-state index contributed by atoms with van der Waals surface area (Å²) in [6.07, 6.45) is 3.59. The molecule has 2 aromatic carbocycles. The number of aryl methyl sites for hydroxylation is 1. The number of fused-ring (bicyclic) bond motifs is 1. The number of methoxy groups -OCH3 is 1. The highest BCUT2D eigenvalue weighted by Gasteiger charge is 2.35. The molecule has 2 amide bonds. The highest BCUT2D eigenvalue weighted by atomic mass is 19.3. The number of hydrogen-bond donors (Lipinski definition) is 1. The van der Waals surface area contributed by atoms with Gasteiger partial charge >= 0.3 is 6.61 Å². The predicted octanol–water partition coefficient (Wildman–Crippen LogP) is 3.71. The minimum atomic E-state index is -3.05. The number of aromatic nitrogens is 4. The van der Waals surface area contributed by atoms with Gasteiger partial charge in [-0.3, -0.25) is 19.3 Å². The van der Waals surface area contributed by atoms with Crippen LogP contribution in [0.3, 0.4) is 0 Å². The van der Waals surface area contributed by atoms with Gasteiger partial charge in [0.2, 0.25) is 5.88 Å². The second-order valence-electron chi connectivity index (χ2n) is 9.52. The number of halogens is 2. The maximum Gasteiger partial charge on any atom is 0.388 e. The molecule has 2 aromatic heterocycles. The minimum absolute atomic E-state index is 0.130. The number of benzene rings is 2. The highest BCUT2D eigenvalue weighted by molar-refractivity contribution is 5.99. The molecule has 0 aliphatic carbocycles. The maximum atomic E-state index is 13.7. The lowest BCUT2D eigenvalue weighted by Gasteiger charge is -2.39. The smallest absolute Gasteiger partial charge is 0.388 e. The van der Waals surface area contributed by atoms with E-state index in [1.54, 1.807) is 29.4 Å². The first kappa shape index (κ1) is 27.0. The van der Waals surface area contributed by atoms with Crippen LogP contribution in [0.2, 0.25) is 0 Å². The van der Waals surface area contributed by atoms with Crippen LogP contribution in [0.1, 0.15) is 44.3 Å². The minimum Gasteiger partial charge on any atom is -0.494 e. The second kappa shape index (κ2) is 11.2. The molecule has 1 fully saturated rings. The van der Waals surface area contributed by atoms with E-state index in [-0.39, 0.29) is 35.0 Å². The van der Waals surface area contributed by atoms with Crippen LogP contribution in [0, 0.1) is 6.92 Å². The zero-order valence-electron chi connectivity index (χ0n) is 22.2. The lowest BCUT2D eigenvalue weighted by atomic mass is 9.85. The molecule has 208 valence electrons. The van der Waals surface area contributed by atoms with Crippen LogP contribution >= 0.6 is 0 Å². The molecule has 0 bridgehead atoms. The molecular weight excluding hydrogens is 522 g/mol. The molecule has 0 spiro atoms. The van der Waals surface area contributed by atoms with Crippen molar-refractivity contribution in [3.05, 3.63) is 77.2 Å². The van der Waals surface area contributed by atoms with E-state index in [0.717, 1.165) is 5.56 Å². The summed E-state index contributed by atoms with van der Waals surface area (Å²) in [7, 11) is 3.02. The number of ether oxygens (including phenoxy) is 2. The van der Waals surface area contributed by atoms with E-state index in [0.29, 0.717) is 41.9 Å². The van der Waals surface area contributed by atoms with E-state index in [1.807, 2.05) is 30.3 Å². The van der Waals surface area contributed by atoms with Crippen molar-refractivity contribution in [3.63, 3.8) is 0 Å². The summed E-state index contributed by atoms with van der Waals surface area (Å²) in [5.41, 5.74) is 2.85. The van der Waals surface area contributed by atoms with Crippen molar-refractivity contribution in [1.82, 2.24) is 30.0 Å². The van der Waals surface area contributed by atoms with Crippen LogP contribution in [0.25, 0.3) is 11.0 Å². The molecule has 4 aromatic rings. The predicted molar refractivity (Wildman–Crippen MR) is 142 cm³/mol. The van der Waals surface area contributed by atoms with Crippen LogP contribution in [-0.4, -0.2) is 69.3 Å². The first-order valence-electron chi connectivity index (χ1n) is 12.7. The Hall–Kier alpha value is -4.61. The quantitative estimate of drug-likeness (QED) is 0.373. The fraction of sp³-hybridized carbons (Fsp3) is 0.321. The van der Waals surface area contributed by atoms with E-state index in [1.165, 1.54) is 25.8 Å². The van der Waals surface area contributed by atoms with Gasteiger partial charge in [0.1, 0.15) is 17.0 Å². The standard InChI is InChI=1S/C28H28F2N6O4/c1-16-24(35(2)34-26(16)40-28(29)30)25(37)33-20-9-12-36(15-19(20)17-7-5-4-6-8-17)27(38)18-13-21-23(22(14-18)39-3)32-11-10-31-21/h4-8,10-11,13-14,19-20,28H,9,12,15H2,1-3H3,(H,33,37)/t19-,20-/m1/s1. The van der Waals surface area contributed by atoms with E-state index in [4.69, 9.17) is 4.74 Å². The van der Waals surface area contributed by atoms with Crippen LogP contribution in [0.4, 0.5) is 8.78 Å². The van der Waals surface area contributed by atoms with E-state index in [2.05, 4.69) is 25.1 Å². The molecule has 0 saturated carbocycles. The summed E-state index contributed by atoms with van der Waals surface area (Å²) in [4.78, 5) is 37.4. The molecule has 1 aliphatic rings. The Kier molecular flexibility index (Phi) is 7.58. The highest BCUT2D eigenvalue weighted by Crippen LogP contribution is 2.31. The van der Waals surface area contributed by atoms with Crippen LogP contribution in [0.15, 0.2) is 54.9 Å². The average Bonchev–Trinajstić information content (AvgIpc) is 3.24. The van der Waals surface area contributed by atoms with Gasteiger partial charge in [0.25, 0.3) is 11.8 Å². The number of nitrogens with zero attached hydrogens (tertiary/aromatic N) is 5. The van der Waals surface area contributed by atoms with Gasteiger partial charge in [0.15, 0.2) is 0 Å². The zero-order chi connectivity index (χ0) is 28.4. The normalized spacial score (nSPS) is 17.2. The van der Waals surface area contributed by atoms with E-state index >= 15 is 0 Å². The van der Waals surface area contributed by atoms with Crippen molar-refractivity contribution < 1.29 is 27.8 Å². The number of rotatable bonds is 7. The Morgan fingerprint density at radius 3 is 2.60 bits per heavy atom. The summed E-state index contributed by atoms with van der Waals surface area (Å²) in [6.45, 7) is -0.808. The number of likely N-dealkylation sites (tertiary alicyclic amines) is 1. The molecule has 1 saturated heterocycles. The molecule has 40 heavy (non-hydrogen) atoms. The number of nitrogens with one attached hydrogen (secondary N) is 1. The van der Waals surface area contributed by atoms with Crippen LogP contribution in [-0.2, 0) is 7.05 Å². The summed E-state index contributed by atoms with van der Waals surface area (Å²) < 4.78 is 36.7. The first-order chi connectivity index (χ1) is 19.3. The number of piperidine rings is 1. The summed E-state index contributed by atoms with van der Waals surface area (Å²) >= 11 is 0. The topological polar surface area (TPSA) is 111 Å². The molecule has 1 aliphatic heterocycles. The number of carbonyl (C=O) groups is 2. The number of hydrogen-bond acceptors (Lipinski definition) is 7. The molecule has 3 heterocycles. The first-order valence-corrected chi connectivity index (χ1v) is 12.7. The monoisotopic (exact) mass is 550 g/mol. The van der Waals surface area contributed by atoms with Crippen LogP contribution in [0.5, 0.6) is 11.6 Å². The molecule has 10 nitrogen and oxygen atoms in total. The van der Waals surface area contributed by atoms with Gasteiger partial charge in [-0.05, 0) is 31.0 Å². The molecule has 1 N–H and O–H groups in total. The van der Waals surface area contributed by atoms with Crippen molar-refractivity contribution >= 4 is 22.8 Å². The lowest BCUT2D eigenvalue weighted by molar-refractivity contribution is -0.0535.